The molecule has 3 aromatic rings. The van der Waals surface area contributed by atoms with Crippen LogP contribution in [0.3, 0.4) is 0 Å². The van der Waals surface area contributed by atoms with E-state index in [1.165, 1.54) is 12.1 Å². The van der Waals surface area contributed by atoms with Crippen LogP contribution in [0, 0.1) is 0 Å². The van der Waals surface area contributed by atoms with Crippen LogP contribution in [0.1, 0.15) is 5.56 Å². The van der Waals surface area contributed by atoms with Gasteiger partial charge in [-0.1, -0.05) is 51.8 Å². The number of halogens is 3. The molecule has 1 N–H and O–H groups in total. The van der Waals surface area contributed by atoms with E-state index in [9.17, 15) is 13.2 Å². The number of sulfonamides is 1. The number of nitrogens with zero attached hydrogens (tertiary/aromatic N) is 1. The Labute approximate surface area is 197 Å². The van der Waals surface area contributed by atoms with E-state index in [1.807, 2.05) is 6.07 Å². The monoisotopic (exact) mass is 570 g/mol. The van der Waals surface area contributed by atoms with Gasteiger partial charge in [0.25, 0.3) is 0 Å². The normalized spacial score (nSPS) is 11.5. The van der Waals surface area contributed by atoms with Gasteiger partial charge in [0.05, 0.1) is 17.1 Å². The minimum Gasteiger partial charge on any atom is -0.324 e. The summed E-state index contributed by atoms with van der Waals surface area (Å²) >= 11 is 12.6. The molecule has 0 fully saturated rings. The van der Waals surface area contributed by atoms with Gasteiger partial charge in [-0.2, -0.15) is 4.31 Å². The van der Waals surface area contributed by atoms with Gasteiger partial charge in [-0.15, -0.1) is 0 Å². The van der Waals surface area contributed by atoms with Crippen molar-refractivity contribution in [1.82, 2.24) is 4.31 Å². The number of hydrogen-bond donors (Lipinski definition) is 1. The van der Waals surface area contributed by atoms with Crippen molar-refractivity contribution in [3.63, 3.8) is 0 Å². The zero-order valence-corrected chi connectivity index (χ0v) is 20.3. The molecule has 0 spiro atoms. The van der Waals surface area contributed by atoms with Gasteiger partial charge in [-0.05, 0) is 70.0 Å². The number of carbonyl (C=O) groups is 1. The number of rotatable bonds is 7. The minimum absolute atomic E-state index is 0.0267. The van der Waals surface area contributed by atoms with E-state index in [0.717, 1.165) is 8.78 Å². The van der Waals surface area contributed by atoms with E-state index in [0.29, 0.717) is 20.7 Å². The Morgan fingerprint density at radius 1 is 0.933 bits per heavy atom. The Balaban J connectivity index is 1.88. The van der Waals surface area contributed by atoms with Crippen LogP contribution in [0.5, 0.6) is 0 Å². The van der Waals surface area contributed by atoms with E-state index in [2.05, 4.69) is 37.2 Å². The fourth-order valence-corrected chi connectivity index (χ4v) is 4.85. The molecule has 0 heterocycles. The molecule has 156 valence electrons. The molecule has 0 atom stereocenters. The summed E-state index contributed by atoms with van der Waals surface area (Å²) in [6.07, 6.45) is 0. The number of para-hydroxylation sites is 1. The summed E-state index contributed by atoms with van der Waals surface area (Å²) in [5.74, 6) is -0.448. The highest BCUT2D eigenvalue weighted by Gasteiger charge is 2.27. The van der Waals surface area contributed by atoms with Gasteiger partial charge in [0.15, 0.2) is 0 Å². The van der Waals surface area contributed by atoms with Crippen molar-refractivity contribution < 1.29 is 13.2 Å². The summed E-state index contributed by atoms with van der Waals surface area (Å²) < 4.78 is 29.1. The molecule has 0 aliphatic heterocycles. The maximum Gasteiger partial charge on any atom is 0.243 e. The lowest BCUT2D eigenvalue weighted by atomic mass is 10.2. The van der Waals surface area contributed by atoms with Crippen molar-refractivity contribution in [2.24, 2.45) is 0 Å². The van der Waals surface area contributed by atoms with Gasteiger partial charge in [0.1, 0.15) is 0 Å². The Morgan fingerprint density at radius 3 is 2.20 bits per heavy atom. The van der Waals surface area contributed by atoms with Crippen molar-refractivity contribution >= 4 is 65.1 Å². The maximum atomic E-state index is 13.3. The number of benzene rings is 3. The lowest BCUT2D eigenvalue weighted by molar-refractivity contribution is -0.116. The molecule has 5 nitrogen and oxygen atoms in total. The highest BCUT2D eigenvalue weighted by atomic mass is 79.9. The lowest BCUT2D eigenvalue weighted by Gasteiger charge is -2.22. The molecule has 0 aromatic heterocycles. The van der Waals surface area contributed by atoms with Crippen molar-refractivity contribution in [3.8, 4) is 0 Å². The molecule has 9 heteroatoms. The van der Waals surface area contributed by atoms with Crippen molar-refractivity contribution in [2.45, 2.75) is 11.4 Å². The Kier molecular flexibility index (Phi) is 7.70. The van der Waals surface area contributed by atoms with E-state index < -0.39 is 15.9 Å². The van der Waals surface area contributed by atoms with Crippen LogP contribution < -0.4 is 5.32 Å². The molecule has 1 amide bonds. The van der Waals surface area contributed by atoms with Gasteiger partial charge in [0.2, 0.25) is 15.9 Å². The zero-order chi connectivity index (χ0) is 21.7. The summed E-state index contributed by atoms with van der Waals surface area (Å²) in [6.45, 7) is -0.318. The van der Waals surface area contributed by atoms with Crippen LogP contribution in [0.2, 0.25) is 5.02 Å². The molecule has 3 aromatic carbocycles. The van der Waals surface area contributed by atoms with Crippen molar-refractivity contribution in [1.29, 1.82) is 0 Å². The molecule has 0 saturated carbocycles. The molecular weight excluding hydrogens is 556 g/mol. The number of hydrogen-bond acceptors (Lipinski definition) is 3. The first-order valence-corrected chi connectivity index (χ1v) is 12.2. The summed E-state index contributed by atoms with van der Waals surface area (Å²) in [7, 11) is -3.92. The second-order valence-electron chi connectivity index (χ2n) is 6.38. The van der Waals surface area contributed by atoms with Crippen LogP contribution in [0.4, 0.5) is 5.69 Å². The average molecular weight is 573 g/mol. The summed E-state index contributed by atoms with van der Waals surface area (Å²) in [4.78, 5) is 12.8. The zero-order valence-electron chi connectivity index (χ0n) is 15.6. The van der Waals surface area contributed by atoms with Crippen LogP contribution in [0.25, 0.3) is 0 Å². The predicted octanol–water partition coefficient (Wildman–Crippen LogP) is 5.69. The smallest absolute Gasteiger partial charge is 0.243 e. The first-order chi connectivity index (χ1) is 14.3. The van der Waals surface area contributed by atoms with E-state index in [1.54, 1.807) is 54.6 Å². The Morgan fingerprint density at radius 2 is 1.57 bits per heavy atom. The second kappa shape index (κ2) is 10.1. The van der Waals surface area contributed by atoms with Crippen LogP contribution in [0.15, 0.2) is 86.6 Å². The molecule has 0 aliphatic rings. The van der Waals surface area contributed by atoms with Gasteiger partial charge >= 0.3 is 0 Å². The Hall–Kier alpha value is -1.71. The van der Waals surface area contributed by atoms with E-state index >= 15 is 0 Å². The predicted molar refractivity (Wildman–Crippen MR) is 126 cm³/mol. The summed E-state index contributed by atoms with van der Waals surface area (Å²) in [5.41, 5.74) is 1.28. The molecule has 0 aliphatic carbocycles. The number of nitrogens with one attached hydrogen (secondary N) is 1. The van der Waals surface area contributed by atoms with Gasteiger partial charge in [0, 0.05) is 20.5 Å². The van der Waals surface area contributed by atoms with Gasteiger partial charge < -0.3 is 5.32 Å². The van der Waals surface area contributed by atoms with Gasteiger partial charge in [-0.3, -0.25) is 4.79 Å². The lowest BCUT2D eigenvalue weighted by Crippen LogP contribution is -2.37. The second-order valence-corrected chi connectivity index (χ2v) is 10.5. The third-order valence-electron chi connectivity index (χ3n) is 4.19. The van der Waals surface area contributed by atoms with Crippen LogP contribution >= 0.6 is 43.5 Å². The van der Waals surface area contributed by atoms with E-state index in [-0.39, 0.29) is 18.0 Å². The molecule has 0 radical (unpaired) electrons. The highest BCUT2D eigenvalue weighted by molar-refractivity contribution is 9.10. The van der Waals surface area contributed by atoms with Crippen molar-refractivity contribution in [2.75, 3.05) is 11.9 Å². The molecular formula is C21H17Br2ClN2O3S. The third kappa shape index (κ3) is 5.92. The van der Waals surface area contributed by atoms with Crippen molar-refractivity contribution in [3.05, 3.63) is 92.3 Å². The van der Waals surface area contributed by atoms with E-state index in [4.69, 9.17) is 11.6 Å². The number of anilines is 1. The molecule has 3 rings (SSSR count). The Bertz CT molecular complexity index is 1140. The average Bonchev–Trinajstić information content (AvgIpc) is 2.71. The number of carbonyl (C=O) groups excluding carboxylic acids is 1. The standard InChI is InChI=1S/C21H17Br2ClN2O3S/c22-16-7-11-18(12-8-16)30(28,29)26(13-15-5-9-17(24)10-6-15)14-21(27)25-20-4-2-1-3-19(20)23/h1-12H,13-14H2,(H,25,27). The number of amides is 1. The largest absolute Gasteiger partial charge is 0.324 e. The SMILES string of the molecule is O=C(CN(Cc1ccc(Cl)cc1)S(=O)(=O)c1ccc(Br)cc1)Nc1ccccc1Br. The fourth-order valence-electron chi connectivity index (χ4n) is 2.69. The summed E-state index contributed by atoms with van der Waals surface area (Å²) in [5, 5.41) is 3.30. The van der Waals surface area contributed by atoms with Crippen LogP contribution in [-0.2, 0) is 21.4 Å². The molecule has 30 heavy (non-hydrogen) atoms. The first-order valence-electron chi connectivity index (χ1n) is 8.80. The molecule has 0 saturated heterocycles. The first kappa shape index (κ1) is 23.0. The summed E-state index contributed by atoms with van der Waals surface area (Å²) in [6, 6.07) is 20.3. The highest BCUT2D eigenvalue weighted by Crippen LogP contribution is 2.23. The fraction of sp³-hybridized carbons (Fsp3) is 0.0952. The van der Waals surface area contributed by atoms with Crippen LogP contribution in [-0.4, -0.2) is 25.2 Å². The third-order valence-corrected chi connectivity index (χ3v) is 7.47. The minimum atomic E-state index is -3.92. The molecule has 0 bridgehead atoms. The quantitative estimate of drug-likeness (QED) is 0.395. The topological polar surface area (TPSA) is 66.5 Å². The maximum absolute atomic E-state index is 13.3. The van der Waals surface area contributed by atoms with Gasteiger partial charge in [-0.25, -0.2) is 8.42 Å². The molecule has 0 unspecified atom stereocenters.